The van der Waals surface area contributed by atoms with Crippen molar-refractivity contribution in [3.63, 3.8) is 0 Å². The van der Waals surface area contributed by atoms with Crippen LogP contribution in [0.15, 0.2) is 0 Å². The second-order valence-electron chi connectivity index (χ2n) is 7.92. The van der Waals surface area contributed by atoms with Crippen molar-refractivity contribution in [1.29, 1.82) is 0 Å². The third-order valence-electron chi connectivity index (χ3n) is 6.29. The molecule has 1 aromatic heterocycles. The molecule has 136 valence electrons. The van der Waals surface area contributed by atoms with Gasteiger partial charge in [0, 0.05) is 49.1 Å². The maximum atomic E-state index is 12.6. The zero-order chi connectivity index (χ0) is 16.8. The van der Waals surface area contributed by atoms with E-state index < -0.39 is 0 Å². The molecule has 2 unspecified atom stereocenters. The third kappa shape index (κ3) is 2.91. The number of nitrogens with one attached hydrogen (secondary N) is 2. The van der Waals surface area contributed by atoms with Gasteiger partial charge in [0.25, 0.3) is 0 Å². The lowest BCUT2D eigenvalue weighted by molar-refractivity contribution is 0.189. The smallest absolute Gasteiger partial charge is 0.317 e. The van der Waals surface area contributed by atoms with Gasteiger partial charge in [-0.3, -0.25) is 0 Å². The van der Waals surface area contributed by atoms with Crippen LogP contribution in [0.3, 0.4) is 0 Å². The Morgan fingerprint density at radius 3 is 2.68 bits per heavy atom. The molecule has 2 amide bonds. The van der Waals surface area contributed by atoms with Gasteiger partial charge in [-0.05, 0) is 25.7 Å². The summed E-state index contributed by atoms with van der Waals surface area (Å²) in [5.41, 5.74) is 1.22. The van der Waals surface area contributed by atoms with Crippen LogP contribution in [0.4, 0.5) is 9.93 Å². The lowest BCUT2D eigenvalue weighted by Crippen LogP contribution is -2.51. The molecule has 2 bridgehead atoms. The first-order valence-corrected chi connectivity index (χ1v) is 10.6. The maximum absolute atomic E-state index is 12.6. The molecule has 6 nitrogen and oxygen atoms in total. The minimum atomic E-state index is 0.120. The number of amides is 2. The molecule has 3 fully saturated rings. The highest BCUT2D eigenvalue weighted by atomic mass is 32.1. The zero-order valence-electron chi connectivity index (χ0n) is 14.7. The predicted octanol–water partition coefficient (Wildman–Crippen LogP) is 2.09. The normalized spacial score (nSPS) is 29.1. The van der Waals surface area contributed by atoms with Crippen LogP contribution >= 0.6 is 11.3 Å². The van der Waals surface area contributed by atoms with Gasteiger partial charge in [-0.25, -0.2) is 9.78 Å². The number of hydrogen-bond acceptors (Lipinski definition) is 5. The summed E-state index contributed by atoms with van der Waals surface area (Å²) in [6.07, 6.45) is 8.23. The van der Waals surface area contributed by atoms with Crippen LogP contribution in [0.1, 0.15) is 49.1 Å². The van der Waals surface area contributed by atoms with Crippen molar-refractivity contribution in [3.8, 4) is 0 Å². The van der Waals surface area contributed by atoms with Gasteiger partial charge in [0.05, 0.1) is 12.2 Å². The fourth-order valence-electron chi connectivity index (χ4n) is 4.89. The monoisotopic (exact) mass is 361 g/mol. The summed E-state index contributed by atoms with van der Waals surface area (Å²) in [6.45, 7) is 3.68. The topological polar surface area (TPSA) is 60.5 Å². The average Bonchev–Trinajstić information content (AvgIpc) is 3.32. The van der Waals surface area contributed by atoms with Crippen molar-refractivity contribution in [2.75, 3.05) is 24.5 Å². The molecule has 5 rings (SSSR count). The van der Waals surface area contributed by atoms with E-state index in [9.17, 15) is 4.79 Å². The summed E-state index contributed by atoms with van der Waals surface area (Å²) in [7, 11) is 0. The Kier molecular flexibility index (Phi) is 4.08. The molecule has 25 heavy (non-hydrogen) atoms. The number of rotatable bonds is 2. The first-order valence-electron chi connectivity index (χ1n) is 9.81. The molecule has 3 aliphatic heterocycles. The van der Waals surface area contributed by atoms with E-state index in [2.05, 4.69) is 15.5 Å². The van der Waals surface area contributed by atoms with Gasteiger partial charge < -0.3 is 20.4 Å². The summed E-state index contributed by atoms with van der Waals surface area (Å²) >= 11 is 1.82. The fourth-order valence-corrected chi connectivity index (χ4v) is 6.16. The number of anilines is 1. The van der Waals surface area contributed by atoms with E-state index in [0.717, 1.165) is 45.4 Å². The summed E-state index contributed by atoms with van der Waals surface area (Å²) in [5.74, 6) is 0. The van der Waals surface area contributed by atoms with Crippen LogP contribution < -0.4 is 15.5 Å². The highest BCUT2D eigenvalue weighted by Gasteiger charge is 2.39. The Morgan fingerprint density at radius 2 is 1.92 bits per heavy atom. The van der Waals surface area contributed by atoms with Gasteiger partial charge in [0.2, 0.25) is 0 Å². The zero-order valence-corrected chi connectivity index (χ0v) is 15.5. The van der Waals surface area contributed by atoms with Crippen LogP contribution in [0.2, 0.25) is 0 Å². The van der Waals surface area contributed by atoms with E-state index in [1.165, 1.54) is 41.4 Å². The lowest BCUT2D eigenvalue weighted by Gasteiger charge is -2.35. The Balaban J connectivity index is 1.28. The molecule has 7 heteroatoms. The quantitative estimate of drug-likeness (QED) is 0.847. The van der Waals surface area contributed by atoms with Crippen molar-refractivity contribution in [2.24, 2.45) is 0 Å². The van der Waals surface area contributed by atoms with E-state index >= 15 is 0 Å². The number of fused-ring (bicyclic) bond motifs is 3. The molecule has 2 N–H and O–H groups in total. The summed E-state index contributed by atoms with van der Waals surface area (Å²) in [4.78, 5) is 23.4. The Bertz CT molecular complexity index is 640. The number of piperazine rings is 1. The Morgan fingerprint density at radius 1 is 1.16 bits per heavy atom. The minimum Gasteiger partial charge on any atom is -0.340 e. The number of hydrogen-bond donors (Lipinski definition) is 2. The van der Waals surface area contributed by atoms with E-state index in [1.54, 1.807) is 0 Å². The van der Waals surface area contributed by atoms with Crippen LogP contribution in [0, 0.1) is 0 Å². The molecule has 4 aliphatic rings. The van der Waals surface area contributed by atoms with E-state index in [1.807, 2.05) is 16.2 Å². The molecular formula is C18H27N5OS. The van der Waals surface area contributed by atoms with Gasteiger partial charge in [0.15, 0.2) is 5.13 Å². The lowest BCUT2D eigenvalue weighted by atomic mass is 10.2. The van der Waals surface area contributed by atoms with Crippen molar-refractivity contribution in [3.05, 3.63) is 10.6 Å². The number of carbonyl (C=O) groups is 1. The molecule has 0 radical (unpaired) electrons. The van der Waals surface area contributed by atoms with Gasteiger partial charge >= 0.3 is 6.03 Å². The third-order valence-corrected chi connectivity index (χ3v) is 7.39. The molecule has 0 spiro atoms. The van der Waals surface area contributed by atoms with Crippen LogP contribution in [-0.4, -0.2) is 53.7 Å². The van der Waals surface area contributed by atoms with E-state index in [0.29, 0.717) is 18.1 Å². The second kappa shape index (κ2) is 6.43. The average molecular weight is 362 g/mol. The van der Waals surface area contributed by atoms with Crippen molar-refractivity contribution >= 4 is 22.5 Å². The number of aromatic nitrogens is 1. The molecule has 1 aliphatic carbocycles. The highest BCUT2D eigenvalue weighted by Crippen LogP contribution is 2.38. The highest BCUT2D eigenvalue weighted by molar-refractivity contribution is 7.15. The van der Waals surface area contributed by atoms with Gasteiger partial charge in [0.1, 0.15) is 0 Å². The molecule has 2 saturated heterocycles. The first kappa shape index (κ1) is 15.9. The van der Waals surface area contributed by atoms with Gasteiger partial charge in [-0.2, -0.15) is 0 Å². The SMILES string of the molecule is O=C(NC1CCCC1)N1CCc2nc(N3C4CCC3CNC4)sc2C1. The molecule has 1 saturated carbocycles. The molecular weight excluding hydrogens is 334 g/mol. The van der Waals surface area contributed by atoms with Crippen molar-refractivity contribution in [2.45, 2.75) is 69.6 Å². The molecule has 4 heterocycles. The Labute approximate surface area is 153 Å². The second-order valence-corrected chi connectivity index (χ2v) is 8.98. The summed E-state index contributed by atoms with van der Waals surface area (Å²) < 4.78 is 0. The molecule has 0 aromatic carbocycles. The summed E-state index contributed by atoms with van der Waals surface area (Å²) in [6, 6.07) is 1.72. The van der Waals surface area contributed by atoms with E-state index in [-0.39, 0.29) is 6.03 Å². The molecule has 2 atom stereocenters. The molecule has 1 aromatic rings. The Hall–Kier alpha value is -1.34. The summed E-state index contributed by atoms with van der Waals surface area (Å²) in [5, 5.41) is 7.96. The number of thiazole rings is 1. The first-order chi connectivity index (χ1) is 12.3. The minimum absolute atomic E-state index is 0.120. The van der Waals surface area contributed by atoms with Crippen molar-refractivity contribution in [1.82, 2.24) is 20.5 Å². The van der Waals surface area contributed by atoms with Crippen LogP contribution in [0.25, 0.3) is 0 Å². The maximum Gasteiger partial charge on any atom is 0.317 e. The predicted molar refractivity (Wildman–Crippen MR) is 99.2 cm³/mol. The standard InChI is InChI=1S/C18H27N5OS/c24-17(20-12-3-1-2-4-12)22-8-7-15-16(11-22)25-18(21-15)23-13-5-6-14(23)10-19-9-13/h12-14,19H,1-11H2,(H,20,24). The van der Waals surface area contributed by atoms with Gasteiger partial charge in [-0.15, -0.1) is 0 Å². The van der Waals surface area contributed by atoms with Crippen LogP contribution in [0.5, 0.6) is 0 Å². The largest absolute Gasteiger partial charge is 0.340 e. The van der Waals surface area contributed by atoms with Crippen molar-refractivity contribution < 1.29 is 4.79 Å². The van der Waals surface area contributed by atoms with Gasteiger partial charge in [-0.1, -0.05) is 24.2 Å². The fraction of sp³-hybridized carbons (Fsp3) is 0.778. The van der Waals surface area contributed by atoms with E-state index in [4.69, 9.17) is 4.98 Å². The number of urea groups is 1. The number of carbonyl (C=O) groups excluding carboxylic acids is 1. The van der Waals surface area contributed by atoms with Crippen LogP contribution in [-0.2, 0) is 13.0 Å². The number of nitrogens with zero attached hydrogens (tertiary/aromatic N) is 3.